The van der Waals surface area contributed by atoms with Gasteiger partial charge >= 0.3 is 5.97 Å². The maximum Gasteiger partial charge on any atom is 0.306 e. The van der Waals surface area contributed by atoms with Crippen LogP contribution in [0.2, 0.25) is 0 Å². The summed E-state index contributed by atoms with van der Waals surface area (Å²) in [4.78, 5) is 23.7. The summed E-state index contributed by atoms with van der Waals surface area (Å²) >= 11 is 0. The van der Waals surface area contributed by atoms with Crippen LogP contribution in [0, 0.1) is 11.7 Å². The van der Waals surface area contributed by atoms with Crippen molar-refractivity contribution in [1.29, 1.82) is 0 Å². The van der Waals surface area contributed by atoms with Crippen LogP contribution in [0.5, 0.6) is 0 Å². The Hall–Kier alpha value is -2.70. The van der Waals surface area contributed by atoms with Gasteiger partial charge in [0.2, 0.25) is 0 Å². The van der Waals surface area contributed by atoms with Crippen LogP contribution in [0.3, 0.4) is 0 Å². The van der Waals surface area contributed by atoms with Crippen molar-refractivity contribution in [1.82, 2.24) is 15.1 Å². The molecule has 1 aromatic carbocycles. The smallest absolute Gasteiger partial charge is 0.306 e. The molecule has 1 heterocycles. The first-order valence-corrected chi connectivity index (χ1v) is 8.86. The Morgan fingerprint density at radius 2 is 1.88 bits per heavy atom. The molecule has 2 N–H and O–H groups in total. The zero-order valence-corrected chi connectivity index (χ0v) is 14.6. The molecule has 1 aromatic heterocycles. The van der Waals surface area contributed by atoms with E-state index in [2.05, 4.69) is 10.4 Å². The van der Waals surface area contributed by atoms with Gasteiger partial charge in [0.05, 0.1) is 29.1 Å². The number of amides is 1. The van der Waals surface area contributed by atoms with Crippen LogP contribution >= 0.6 is 0 Å². The second kappa shape index (κ2) is 7.68. The lowest BCUT2D eigenvalue weighted by Crippen LogP contribution is -2.39. The number of hydrogen-bond acceptors (Lipinski definition) is 3. The van der Waals surface area contributed by atoms with E-state index < -0.39 is 5.97 Å². The van der Waals surface area contributed by atoms with Gasteiger partial charge in [-0.15, -0.1) is 0 Å². The minimum Gasteiger partial charge on any atom is -0.481 e. The van der Waals surface area contributed by atoms with Gasteiger partial charge in [-0.1, -0.05) is 6.92 Å². The number of carbonyl (C=O) groups excluding carboxylic acids is 1. The van der Waals surface area contributed by atoms with Crippen LogP contribution < -0.4 is 5.32 Å². The fraction of sp³-hybridized carbons (Fsp3) is 0.421. The maximum atomic E-state index is 13.1. The second-order valence-electron chi connectivity index (χ2n) is 6.61. The third kappa shape index (κ3) is 3.76. The Balaban J connectivity index is 1.72. The average Bonchev–Trinajstić information content (AvgIpc) is 3.07. The van der Waals surface area contributed by atoms with Crippen LogP contribution in [0.25, 0.3) is 5.69 Å². The molecule has 1 aliphatic carbocycles. The maximum absolute atomic E-state index is 13.1. The molecule has 26 heavy (non-hydrogen) atoms. The topological polar surface area (TPSA) is 84.2 Å². The normalized spacial score (nSPS) is 19.9. The lowest BCUT2D eigenvalue weighted by Gasteiger charge is -2.26. The molecule has 0 saturated heterocycles. The summed E-state index contributed by atoms with van der Waals surface area (Å²) in [5, 5.41) is 16.3. The molecule has 0 unspecified atom stereocenters. The lowest BCUT2D eigenvalue weighted by atomic mass is 9.86. The van der Waals surface area contributed by atoms with E-state index in [4.69, 9.17) is 5.11 Å². The van der Waals surface area contributed by atoms with E-state index in [1.807, 2.05) is 6.92 Å². The predicted molar refractivity (Wildman–Crippen MR) is 93.7 cm³/mol. The molecule has 138 valence electrons. The van der Waals surface area contributed by atoms with Gasteiger partial charge < -0.3 is 10.4 Å². The number of carboxylic acids is 1. The molecule has 7 heteroatoms. The highest BCUT2D eigenvalue weighted by atomic mass is 19.1. The van der Waals surface area contributed by atoms with Crippen LogP contribution in [0.1, 0.15) is 48.7 Å². The number of carboxylic acid groups (broad SMARTS) is 1. The van der Waals surface area contributed by atoms with Crippen LogP contribution in [-0.4, -0.2) is 32.8 Å². The highest BCUT2D eigenvalue weighted by Gasteiger charge is 2.28. The summed E-state index contributed by atoms with van der Waals surface area (Å²) in [6.45, 7) is 1.94. The van der Waals surface area contributed by atoms with Crippen molar-refractivity contribution in [3.63, 3.8) is 0 Å². The van der Waals surface area contributed by atoms with Crippen molar-refractivity contribution >= 4 is 11.9 Å². The molecule has 0 atom stereocenters. The largest absolute Gasteiger partial charge is 0.481 e. The quantitative estimate of drug-likeness (QED) is 0.860. The summed E-state index contributed by atoms with van der Waals surface area (Å²) in [5.74, 6) is -1.60. The molecule has 1 saturated carbocycles. The number of nitrogens with zero attached hydrogens (tertiary/aromatic N) is 2. The fourth-order valence-electron chi connectivity index (χ4n) is 3.46. The Morgan fingerprint density at radius 3 is 2.46 bits per heavy atom. The second-order valence-corrected chi connectivity index (χ2v) is 6.61. The number of aliphatic carboxylic acids is 1. The minimum absolute atomic E-state index is 0.0167. The van der Waals surface area contributed by atoms with Crippen LogP contribution in [0.15, 0.2) is 30.5 Å². The van der Waals surface area contributed by atoms with Gasteiger partial charge in [0.15, 0.2) is 0 Å². The first-order chi connectivity index (χ1) is 12.5. The molecule has 0 aliphatic heterocycles. The molecule has 0 spiro atoms. The van der Waals surface area contributed by atoms with Gasteiger partial charge in [-0.25, -0.2) is 9.07 Å². The first-order valence-electron chi connectivity index (χ1n) is 8.86. The Morgan fingerprint density at radius 1 is 1.23 bits per heavy atom. The molecular weight excluding hydrogens is 337 g/mol. The van der Waals surface area contributed by atoms with E-state index in [1.165, 1.54) is 18.3 Å². The highest BCUT2D eigenvalue weighted by molar-refractivity contribution is 5.95. The number of nitrogens with one attached hydrogen (secondary N) is 1. The van der Waals surface area contributed by atoms with Crippen molar-refractivity contribution < 1.29 is 19.1 Å². The van der Waals surface area contributed by atoms with E-state index in [0.717, 1.165) is 5.69 Å². The van der Waals surface area contributed by atoms with Gasteiger partial charge in [-0.05, 0) is 56.4 Å². The van der Waals surface area contributed by atoms with E-state index in [9.17, 15) is 14.0 Å². The lowest BCUT2D eigenvalue weighted by molar-refractivity contribution is -0.142. The Kier molecular flexibility index (Phi) is 5.35. The number of carbonyl (C=O) groups is 2. The minimum atomic E-state index is -0.761. The number of rotatable bonds is 5. The van der Waals surface area contributed by atoms with Gasteiger partial charge in [0.1, 0.15) is 5.82 Å². The van der Waals surface area contributed by atoms with Gasteiger partial charge in [-0.3, -0.25) is 9.59 Å². The van der Waals surface area contributed by atoms with Crippen molar-refractivity contribution in [3.8, 4) is 5.69 Å². The molecule has 6 nitrogen and oxygen atoms in total. The van der Waals surface area contributed by atoms with Crippen molar-refractivity contribution in [3.05, 3.63) is 47.5 Å². The zero-order valence-electron chi connectivity index (χ0n) is 14.6. The predicted octanol–water partition coefficient (Wildman–Crippen LogP) is 2.95. The van der Waals surface area contributed by atoms with Crippen molar-refractivity contribution in [2.45, 2.75) is 45.1 Å². The molecule has 0 bridgehead atoms. The molecule has 3 rings (SSSR count). The van der Waals surface area contributed by atoms with E-state index in [-0.39, 0.29) is 23.7 Å². The Labute approximate surface area is 151 Å². The van der Waals surface area contributed by atoms with Crippen molar-refractivity contribution in [2.24, 2.45) is 5.92 Å². The Bertz CT molecular complexity index is 793. The SMILES string of the molecule is CCc1c(C(=O)NC2CCC(C(=O)O)CC2)cnn1-c1ccc(F)cc1. The third-order valence-corrected chi connectivity index (χ3v) is 4.93. The molecular formula is C19H22FN3O3. The van der Waals surface area contributed by atoms with Crippen LogP contribution in [0.4, 0.5) is 4.39 Å². The number of hydrogen-bond donors (Lipinski definition) is 2. The van der Waals surface area contributed by atoms with Gasteiger partial charge in [-0.2, -0.15) is 5.10 Å². The standard InChI is InChI=1S/C19H22FN3O3/c1-2-17-16(11-21-23(17)15-9-5-13(20)6-10-15)18(24)22-14-7-3-12(4-8-14)19(25)26/h5-6,9-12,14H,2-4,7-8H2,1H3,(H,22,24)(H,25,26). The average molecular weight is 359 g/mol. The van der Waals surface area contributed by atoms with E-state index in [1.54, 1.807) is 16.8 Å². The summed E-state index contributed by atoms with van der Waals surface area (Å²) in [5.41, 5.74) is 1.95. The van der Waals surface area contributed by atoms with Crippen molar-refractivity contribution in [2.75, 3.05) is 0 Å². The summed E-state index contributed by atoms with van der Waals surface area (Å²) in [6.07, 6.45) is 4.62. The number of aromatic nitrogens is 2. The van der Waals surface area contributed by atoms with Gasteiger partial charge in [0.25, 0.3) is 5.91 Å². The van der Waals surface area contributed by atoms with Gasteiger partial charge in [0, 0.05) is 6.04 Å². The number of benzene rings is 1. The molecule has 1 fully saturated rings. The monoisotopic (exact) mass is 359 g/mol. The molecule has 0 radical (unpaired) electrons. The summed E-state index contributed by atoms with van der Waals surface area (Å²) in [7, 11) is 0. The van der Waals surface area contributed by atoms with E-state index >= 15 is 0 Å². The highest BCUT2D eigenvalue weighted by Crippen LogP contribution is 2.25. The van der Waals surface area contributed by atoms with Crippen LogP contribution in [-0.2, 0) is 11.2 Å². The summed E-state index contributed by atoms with van der Waals surface area (Å²) in [6, 6.07) is 5.94. The molecule has 1 aliphatic rings. The van der Waals surface area contributed by atoms with E-state index in [0.29, 0.717) is 43.4 Å². The molecule has 1 amide bonds. The summed E-state index contributed by atoms with van der Waals surface area (Å²) < 4.78 is 14.8. The molecule has 2 aromatic rings. The first kappa shape index (κ1) is 18.1. The number of halogens is 1. The third-order valence-electron chi connectivity index (χ3n) is 4.93. The zero-order chi connectivity index (χ0) is 18.7. The fourth-order valence-corrected chi connectivity index (χ4v) is 3.46.